The fourth-order valence-electron chi connectivity index (χ4n) is 4.14. The van der Waals surface area contributed by atoms with Gasteiger partial charge in [-0.25, -0.2) is 0 Å². The molecule has 0 bridgehead atoms. The first-order valence-electron chi connectivity index (χ1n) is 9.68. The van der Waals surface area contributed by atoms with Crippen molar-refractivity contribution in [2.75, 3.05) is 25.6 Å². The number of hydrogen-bond acceptors (Lipinski definition) is 4. The molecule has 2 aliphatic heterocycles. The minimum Gasteiger partial charge on any atom is -0.496 e. The number of amides is 2. The first kappa shape index (κ1) is 18.3. The van der Waals surface area contributed by atoms with Crippen LogP contribution in [-0.4, -0.2) is 43.6 Å². The smallest absolute Gasteiger partial charge is 0.257 e. The first-order valence-corrected chi connectivity index (χ1v) is 9.68. The summed E-state index contributed by atoms with van der Waals surface area (Å²) in [5.74, 6) is 0.648. The van der Waals surface area contributed by atoms with Crippen LogP contribution in [0.25, 0.3) is 0 Å². The van der Waals surface area contributed by atoms with Crippen LogP contribution in [0, 0.1) is 0 Å². The number of benzene rings is 2. The van der Waals surface area contributed by atoms with Gasteiger partial charge in [-0.05, 0) is 43.5 Å². The lowest BCUT2D eigenvalue weighted by Crippen LogP contribution is -2.55. The molecule has 0 saturated carbocycles. The van der Waals surface area contributed by atoms with E-state index < -0.39 is 0 Å². The maximum atomic E-state index is 12.8. The van der Waals surface area contributed by atoms with Crippen molar-refractivity contribution in [1.82, 2.24) is 10.2 Å². The number of carbonyl (C=O) groups is 2. The third-order valence-corrected chi connectivity index (χ3v) is 5.68. The number of ether oxygens (including phenoxy) is 1. The highest BCUT2D eigenvalue weighted by Crippen LogP contribution is 2.34. The first-order chi connectivity index (χ1) is 13.6. The minimum atomic E-state index is -0.166. The van der Waals surface area contributed by atoms with Crippen LogP contribution in [0.15, 0.2) is 42.5 Å². The molecular formula is C22H25N3O3. The van der Waals surface area contributed by atoms with Gasteiger partial charge in [0, 0.05) is 31.3 Å². The SMILES string of the molecule is COc1ccccc1CNC(=O)c1ccc2c(c1)N(C)[C@H]1CCCCN1C2=O. The standard InChI is InChI=1S/C22H25N3O3/c1-24-18-13-15(21(26)23-14-16-7-3-4-8-19(16)28-2)10-11-17(18)22(27)25-12-6-5-9-20(24)25/h3-4,7-8,10-11,13,20H,5-6,9,12,14H2,1-2H3,(H,23,26)/t20-/m1/s1. The van der Waals surface area contributed by atoms with Crippen molar-refractivity contribution >= 4 is 17.5 Å². The lowest BCUT2D eigenvalue weighted by molar-refractivity contribution is 0.0589. The molecule has 6 heteroatoms. The molecule has 2 aliphatic rings. The van der Waals surface area contributed by atoms with Crippen molar-refractivity contribution in [3.8, 4) is 5.75 Å². The lowest BCUT2D eigenvalue weighted by atomic mass is 9.97. The Morgan fingerprint density at radius 2 is 2.04 bits per heavy atom. The average Bonchev–Trinajstić information content (AvgIpc) is 2.75. The van der Waals surface area contributed by atoms with Crippen molar-refractivity contribution in [3.05, 3.63) is 59.2 Å². The number of nitrogens with one attached hydrogen (secondary N) is 1. The Morgan fingerprint density at radius 1 is 1.21 bits per heavy atom. The Balaban J connectivity index is 1.54. The number of hydrogen-bond donors (Lipinski definition) is 1. The van der Waals surface area contributed by atoms with Gasteiger partial charge in [0.05, 0.1) is 18.4 Å². The molecule has 28 heavy (non-hydrogen) atoms. The van der Waals surface area contributed by atoms with Crippen molar-refractivity contribution in [3.63, 3.8) is 0 Å². The van der Waals surface area contributed by atoms with E-state index in [0.717, 1.165) is 42.8 Å². The van der Waals surface area contributed by atoms with E-state index in [0.29, 0.717) is 17.7 Å². The predicted molar refractivity (Wildman–Crippen MR) is 108 cm³/mol. The predicted octanol–water partition coefficient (Wildman–Crippen LogP) is 3.03. The zero-order chi connectivity index (χ0) is 19.7. The third-order valence-electron chi connectivity index (χ3n) is 5.68. The molecular weight excluding hydrogens is 354 g/mol. The third kappa shape index (κ3) is 3.19. The zero-order valence-electron chi connectivity index (χ0n) is 16.3. The van der Waals surface area contributed by atoms with Gasteiger partial charge in [0.15, 0.2) is 0 Å². The summed E-state index contributed by atoms with van der Waals surface area (Å²) >= 11 is 0. The molecule has 6 nitrogen and oxygen atoms in total. The van der Waals surface area contributed by atoms with E-state index in [-0.39, 0.29) is 18.0 Å². The van der Waals surface area contributed by atoms with E-state index in [4.69, 9.17) is 4.74 Å². The number of carbonyl (C=O) groups excluding carboxylic acids is 2. The molecule has 2 heterocycles. The van der Waals surface area contributed by atoms with Gasteiger partial charge in [-0.2, -0.15) is 0 Å². The summed E-state index contributed by atoms with van der Waals surface area (Å²) in [6, 6.07) is 12.9. The Labute approximate surface area is 165 Å². The molecule has 1 atom stereocenters. The Morgan fingerprint density at radius 3 is 2.86 bits per heavy atom. The van der Waals surface area contributed by atoms with Gasteiger partial charge in [0.2, 0.25) is 0 Å². The van der Waals surface area contributed by atoms with Gasteiger partial charge in [0.1, 0.15) is 11.9 Å². The number of fused-ring (bicyclic) bond motifs is 2. The van der Waals surface area contributed by atoms with Crippen LogP contribution in [0.5, 0.6) is 5.75 Å². The highest BCUT2D eigenvalue weighted by atomic mass is 16.5. The molecule has 2 amide bonds. The molecule has 1 fully saturated rings. The second-order valence-electron chi connectivity index (χ2n) is 7.31. The number of anilines is 1. The van der Waals surface area contributed by atoms with E-state index >= 15 is 0 Å². The van der Waals surface area contributed by atoms with Gasteiger partial charge in [-0.1, -0.05) is 18.2 Å². The lowest BCUT2D eigenvalue weighted by Gasteiger charge is -2.46. The van der Waals surface area contributed by atoms with E-state index in [2.05, 4.69) is 10.2 Å². The van der Waals surface area contributed by atoms with E-state index in [9.17, 15) is 9.59 Å². The van der Waals surface area contributed by atoms with Crippen LogP contribution < -0.4 is 15.0 Å². The second kappa shape index (κ2) is 7.54. The average molecular weight is 379 g/mol. The number of methoxy groups -OCH3 is 1. The number of piperidine rings is 1. The molecule has 0 radical (unpaired) electrons. The molecule has 1 N–H and O–H groups in total. The maximum Gasteiger partial charge on any atom is 0.257 e. The molecule has 146 valence electrons. The summed E-state index contributed by atoms with van der Waals surface area (Å²) in [7, 11) is 3.62. The summed E-state index contributed by atoms with van der Waals surface area (Å²) in [5, 5.41) is 2.95. The zero-order valence-corrected chi connectivity index (χ0v) is 16.3. The monoisotopic (exact) mass is 379 g/mol. The van der Waals surface area contributed by atoms with Crippen LogP contribution in [0.4, 0.5) is 5.69 Å². The second-order valence-corrected chi connectivity index (χ2v) is 7.31. The number of nitrogens with zero attached hydrogens (tertiary/aromatic N) is 2. The van der Waals surface area contributed by atoms with E-state index in [1.165, 1.54) is 0 Å². The van der Waals surface area contributed by atoms with Crippen molar-refractivity contribution < 1.29 is 14.3 Å². The van der Waals surface area contributed by atoms with Crippen LogP contribution >= 0.6 is 0 Å². The van der Waals surface area contributed by atoms with Gasteiger partial charge < -0.3 is 19.9 Å². The highest BCUT2D eigenvalue weighted by molar-refractivity contribution is 6.04. The Hall–Kier alpha value is -3.02. The Kier molecular flexibility index (Phi) is 4.94. The maximum absolute atomic E-state index is 12.8. The number of para-hydroxylation sites is 1. The van der Waals surface area contributed by atoms with Crippen LogP contribution in [0.1, 0.15) is 45.5 Å². The van der Waals surface area contributed by atoms with Crippen molar-refractivity contribution in [1.29, 1.82) is 0 Å². The normalized spacial score (nSPS) is 18.4. The summed E-state index contributed by atoms with van der Waals surface area (Å²) < 4.78 is 5.33. The van der Waals surface area contributed by atoms with Gasteiger partial charge in [0.25, 0.3) is 11.8 Å². The minimum absolute atomic E-state index is 0.0683. The van der Waals surface area contributed by atoms with Gasteiger partial charge in [-0.3, -0.25) is 9.59 Å². The summed E-state index contributed by atoms with van der Waals surface area (Å²) in [6.45, 7) is 1.18. The fraction of sp³-hybridized carbons (Fsp3) is 0.364. The molecule has 2 aromatic rings. The molecule has 1 saturated heterocycles. The summed E-state index contributed by atoms with van der Waals surface area (Å²) in [6.07, 6.45) is 3.22. The Bertz CT molecular complexity index is 912. The summed E-state index contributed by atoms with van der Waals surface area (Å²) in [5.41, 5.74) is 2.97. The summed E-state index contributed by atoms with van der Waals surface area (Å²) in [4.78, 5) is 29.6. The molecule has 2 aromatic carbocycles. The van der Waals surface area contributed by atoms with Gasteiger partial charge >= 0.3 is 0 Å². The number of rotatable bonds is 4. The van der Waals surface area contributed by atoms with E-state index in [1.807, 2.05) is 42.3 Å². The van der Waals surface area contributed by atoms with Crippen molar-refractivity contribution in [2.45, 2.75) is 32.0 Å². The fourth-order valence-corrected chi connectivity index (χ4v) is 4.14. The molecule has 0 aliphatic carbocycles. The van der Waals surface area contributed by atoms with Crippen LogP contribution in [0.3, 0.4) is 0 Å². The molecule has 0 aromatic heterocycles. The molecule has 0 spiro atoms. The van der Waals surface area contributed by atoms with Gasteiger partial charge in [-0.15, -0.1) is 0 Å². The topological polar surface area (TPSA) is 61.9 Å². The molecule has 4 rings (SSSR count). The molecule has 0 unspecified atom stereocenters. The highest BCUT2D eigenvalue weighted by Gasteiger charge is 2.37. The van der Waals surface area contributed by atoms with Crippen LogP contribution in [0.2, 0.25) is 0 Å². The van der Waals surface area contributed by atoms with Crippen molar-refractivity contribution in [2.24, 2.45) is 0 Å². The largest absolute Gasteiger partial charge is 0.496 e. The van der Waals surface area contributed by atoms with E-state index in [1.54, 1.807) is 19.2 Å². The quantitative estimate of drug-likeness (QED) is 0.887. The van der Waals surface area contributed by atoms with Crippen LogP contribution in [-0.2, 0) is 6.54 Å².